The van der Waals surface area contributed by atoms with Crippen molar-refractivity contribution in [3.8, 4) is 5.75 Å². The molecule has 41 heavy (non-hydrogen) atoms. The van der Waals surface area contributed by atoms with E-state index in [0.29, 0.717) is 13.8 Å². The molecule has 11 nitrogen and oxygen atoms in total. The third kappa shape index (κ3) is 5.52. The van der Waals surface area contributed by atoms with Crippen molar-refractivity contribution in [1.29, 1.82) is 0 Å². The zero-order valence-electron chi connectivity index (χ0n) is 21.8. The quantitative estimate of drug-likeness (QED) is 0.475. The van der Waals surface area contributed by atoms with Gasteiger partial charge in [-0.2, -0.15) is 30.2 Å². The van der Waals surface area contributed by atoms with Crippen molar-refractivity contribution < 1.29 is 49.0 Å². The normalized spacial score (nSPS) is 20.0. The summed E-state index contributed by atoms with van der Waals surface area (Å²) in [7, 11) is -7.07. The van der Waals surface area contributed by atoms with Crippen molar-refractivity contribution in [1.82, 2.24) is 8.61 Å². The molecule has 0 spiro atoms. The van der Waals surface area contributed by atoms with E-state index in [9.17, 15) is 44.3 Å². The molecule has 0 saturated carbocycles. The fraction of sp³-hybridized carbons (Fsp3) is 0.435. The molecule has 1 amide bonds. The Kier molecular flexibility index (Phi) is 7.92. The maximum atomic E-state index is 13.8. The van der Waals surface area contributed by atoms with Crippen LogP contribution in [0, 0.1) is 5.82 Å². The number of hydrogen-bond acceptors (Lipinski definition) is 6. The molecule has 1 atom stereocenters. The molecule has 1 saturated heterocycles. The van der Waals surface area contributed by atoms with Crippen molar-refractivity contribution in [3.05, 3.63) is 47.2 Å². The summed E-state index contributed by atoms with van der Waals surface area (Å²) < 4.78 is 117. The SMILES string of the molecule is CN1CCN(C[C@H]2CN(S(=O)(=O)c3ccc(F)c(Cl)c3)c3cc(N(C(=O)O)C(C)(C)C(F)(F)F)ccc3O2)S1(=O)=O. The molecule has 2 aromatic carbocycles. The average Bonchev–Trinajstić information content (AvgIpc) is 3.10. The monoisotopic (exact) mass is 644 g/mol. The molecule has 1 N–H and O–H groups in total. The molecule has 1 fully saturated rings. The molecule has 226 valence electrons. The Morgan fingerprint density at radius 3 is 2.37 bits per heavy atom. The number of fused-ring (bicyclic) bond motifs is 1. The van der Waals surface area contributed by atoms with Gasteiger partial charge in [0.15, 0.2) is 0 Å². The summed E-state index contributed by atoms with van der Waals surface area (Å²) in [6.45, 7) is 0.799. The van der Waals surface area contributed by atoms with E-state index in [1.54, 1.807) is 0 Å². The van der Waals surface area contributed by atoms with Crippen LogP contribution in [0.4, 0.5) is 33.7 Å². The van der Waals surface area contributed by atoms with Gasteiger partial charge in [0.1, 0.15) is 23.2 Å². The molecule has 0 bridgehead atoms. The Hall–Kier alpha value is -2.86. The Labute approximate surface area is 238 Å². The maximum Gasteiger partial charge on any atom is 0.412 e. The standard InChI is InChI=1S/C23H25ClF4N4O7S2/c1-22(2,23(26,27)28)32(21(33)34)14-4-7-20-19(10-14)31(40(35,36)16-5-6-18(25)17(24)11-16)13-15(39-20)12-30-9-8-29(3)41(30,37)38/h4-7,10-11,15H,8-9,12-13H2,1-3H3,(H,33,34)/t15-/m0/s1. The minimum atomic E-state index is -5.01. The van der Waals surface area contributed by atoms with Crippen LogP contribution >= 0.6 is 11.6 Å². The first-order chi connectivity index (χ1) is 18.8. The Bertz CT molecular complexity index is 1590. The van der Waals surface area contributed by atoms with Crippen molar-refractivity contribution in [2.75, 3.05) is 42.4 Å². The number of alkyl halides is 3. The summed E-state index contributed by atoms with van der Waals surface area (Å²) in [6, 6.07) is 5.62. The van der Waals surface area contributed by atoms with E-state index in [2.05, 4.69) is 0 Å². The molecule has 0 aromatic heterocycles. The summed E-state index contributed by atoms with van der Waals surface area (Å²) in [5, 5.41) is 9.19. The summed E-state index contributed by atoms with van der Waals surface area (Å²) >= 11 is 5.80. The largest absolute Gasteiger partial charge is 0.485 e. The lowest BCUT2D eigenvalue weighted by Crippen LogP contribution is -2.57. The van der Waals surface area contributed by atoms with E-state index in [4.69, 9.17) is 16.3 Å². The third-order valence-corrected chi connectivity index (χ3v) is 10.9. The second-order valence-corrected chi connectivity index (χ2v) is 14.2. The van der Waals surface area contributed by atoms with Gasteiger partial charge in [-0.15, -0.1) is 0 Å². The van der Waals surface area contributed by atoms with Crippen LogP contribution in [-0.4, -0.2) is 87.7 Å². The number of halogens is 5. The second kappa shape index (κ2) is 10.4. The lowest BCUT2D eigenvalue weighted by molar-refractivity contribution is -0.175. The van der Waals surface area contributed by atoms with Gasteiger partial charge in [0.25, 0.3) is 20.2 Å². The van der Waals surface area contributed by atoms with Crippen LogP contribution in [0.5, 0.6) is 5.75 Å². The molecule has 0 unspecified atom stereocenters. The van der Waals surface area contributed by atoms with Crippen LogP contribution in [0.15, 0.2) is 41.3 Å². The minimum absolute atomic E-state index is 0.0472. The van der Waals surface area contributed by atoms with E-state index in [1.165, 1.54) is 7.05 Å². The number of ether oxygens (including phenoxy) is 1. The van der Waals surface area contributed by atoms with E-state index >= 15 is 0 Å². The van der Waals surface area contributed by atoms with Gasteiger partial charge in [-0.3, -0.25) is 9.21 Å². The number of amides is 1. The highest BCUT2D eigenvalue weighted by Crippen LogP contribution is 2.44. The van der Waals surface area contributed by atoms with E-state index < -0.39 is 72.1 Å². The molecule has 2 aliphatic rings. The molecule has 2 heterocycles. The molecule has 0 radical (unpaired) electrons. The zero-order chi connectivity index (χ0) is 30.7. The van der Waals surface area contributed by atoms with Crippen LogP contribution in [0.25, 0.3) is 0 Å². The van der Waals surface area contributed by atoms with Gasteiger partial charge in [0.05, 0.1) is 34.4 Å². The van der Waals surface area contributed by atoms with Gasteiger partial charge in [-0.05, 0) is 50.2 Å². The van der Waals surface area contributed by atoms with Crippen molar-refractivity contribution in [3.63, 3.8) is 0 Å². The van der Waals surface area contributed by atoms with Gasteiger partial charge in [-0.25, -0.2) is 17.6 Å². The maximum absolute atomic E-state index is 13.8. The zero-order valence-corrected chi connectivity index (χ0v) is 24.2. The lowest BCUT2D eigenvalue weighted by atomic mass is 10.0. The first-order valence-electron chi connectivity index (χ1n) is 11.9. The highest BCUT2D eigenvalue weighted by atomic mass is 35.5. The number of rotatable bonds is 6. The number of sulfonamides is 1. The average molecular weight is 645 g/mol. The first kappa shape index (κ1) is 31.1. The van der Waals surface area contributed by atoms with Crippen molar-refractivity contribution in [2.24, 2.45) is 0 Å². The summed E-state index contributed by atoms with van der Waals surface area (Å²) in [5.41, 5.74) is -3.75. The minimum Gasteiger partial charge on any atom is -0.485 e. The van der Waals surface area contributed by atoms with Crippen LogP contribution in [0.3, 0.4) is 0 Å². The molecular weight excluding hydrogens is 620 g/mol. The van der Waals surface area contributed by atoms with Crippen LogP contribution in [0.2, 0.25) is 5.02 Å². The number of nitrogens with zero attached hydrogens (tertiary/aromatic N) is 4. The highest BCUT2D eigenvalue weighted by Gasteiger charge is 2.54. The molecule has 2 aromatic rings. The Balaban J connectivity index is 1.84. The molecule has 4 rings (SSSR count). The number of likely N-dealkylation sites (N-methyl/N-ethyl adjacent to an activating group) is 1. The topological polar surface area (TPSA) is 128 Å². The van der Waals surface area contributed by atoms with E-state index in [-0.39, 0.29) is 36.0 Å². The van der Waals surface area contributed by atoms with Crippen molar-refractivity contribution in [2.45, 2.75) is 36.6 Å². The number of hydrogen-bond donors (Lipinski definition) is 1. The number of carboxylic acid groups (broad SMARTS) is 1. The fourth-order valence-electron chi connectivity index (χ4n) is 4.42. The predicted octanol–water partition coefficient (Wildman–Crippen LogP) is 3.75. The highest BCUT2D eigenvalue weighted by molar-refractivity contribution is 7.92. The van der Waals surface area contributed by atoms with Gasteiger partial charge in [0, 0.05) is 20.1 Å². The molecule has 0 aliphatic carbocycles. The number of carbonyl (C=O) groups is 1. The fourth-order valence-corrected chi connectivity index (χ4v) is 7.56. The third-order valence-electron chi connectivity index (χ3n) is 6.85. The summed E-state index contributed by atoms with van der Waals surface area (Å²) in [6.07, 6.45) is -8.04. The van der Waals surface area contributed by atoms with Gasteiger partial charge in [0.2, 0.25) is 0 Å². The van der Waals surface area contributed by atoms with Crippen molar-refractivity contribution >= 4 is 49.3 Å². The summed E-state index contributed by atoms with van der Waals surface area (Å²) in [4.78, 5) is 11.6. The molecule has 18 heteroatoms. The van der Waals surface area contributed by atoms with Gasteiger partial charge in [-0.1, -0.05) is 11.6 Å². The van der Waals surface area contributed by atoms with Crippen LogP contribution in [0.1, 0.15) is 13.8 Å². The Morgan fingerprint density at radius 2 is 1.83 bits per heavy atom. The Morgan fingerprint density at radius 1 is 1.17 bits per heavy atom. The lowest BCUT2D eigenvalue weighted by Gasteiger charge is -2.40. The predicted molar refractivity (Wildman–Crippen MR) is 141 cm³/mol. The summed E-state index contributed by atoms with van der Waals surface area (Å²) in [5.74, 6) is -1.06. The molecular formula is C23H25ClF4N4O7S2. The number of benzene rings is 2. The van der Waals surface area contributed by atoms with Gasteiger partial charge < -0.3 is 9.84 Å². The molecule has 2 aliphatic heterocycles. The van der Waals surface area contributed by atoms with Gasteiger partial charge >= 0.3 is 12.3 Å². The van der Waals surface area contributed by atoms with Crippen LogP contribution < -0.4 is 13.9 Å². The second-order valence-electron chi connectivity index (χ2n) is 9.87. The smallest absolute Gasteiger partial charge is 0.412 e. The van der Waals surface area contributed by atoms with E-state index in [0.717, 1.165) is 49.3 Å². The number of anilines is 2. The van der Waals surface area contributed by atoms with Crippen LogP contribution in [-0.2, 0) is 20.2 Å². The first-order valence-corrected chi connectivity index (χ1v) is 15.1. The van der Waals surface area contributed by atoms with E-state index in [1.807, 2.05) is 0 Å².